The largest absolute Gasteiger partial charge is 0.346 e. The Balaban J connectivity index is 1.62. The average Bonchev–Trinajstić information content (AvgIpc) is 3.25. The fraction of sp³-hybridized carbons (Fsp3) is 0.346. The first-order valence-electron chi connectivity index (χ1n) is 11.5. The van der Waals surface area contributed by atoms with Crippen molar-refractivity contribution in [2.45, 2.75) is 63.1 Å². The molecule has 174 valence electrons. The summed E-state index contributed by atoms with van der Waals surface area (Å²) in [5, 5.41) is 2.69. The molecule has 0 bridgehead atoms. The van der Waals surface area contributed by atoms with E-state index in [0.717, 1.165) is 37.8 Å². The van der Waals surface area contributed by atoms with Crippen molar-refractivity contribution in [2.24, 2.45) is 0 Å². The number of anilines is 1. The van der Waals surface area contributed by atoms with E-state index in [2.05, 4.69) is 22.0 Å². The Labute approximate surface area is 196 Å². The lowest BCUT2D eigenvalue weighted by Gasteiger charge is -2.33. The van der Waals surface area contributed by atoms with Crippen LogP contribution in [-0.4, -0.2) is 29.2 Å². The number of hydrogen-bond acceptors (Lipinski definition) is 3. The number of rotatable bonds is 8. The fourth-order valence-corrected chi connectivity index (χ4v) is 6.17. The molecule has 33 heavy (non-hydrogen) atoms. The van der Waals surface area contributed by atoms with Crippen molar-refractivity contribution < 1.29 is 13.2 Å². The molecule has 3 aromatic rings. The molecule has 1 aliphatic carbocycles. The molecule has 1 aliphatic rings. The number of nitrogens with one attached hydrogen (secondary N) is 1. The van der Waals surface area contributed by atoms with Crippen molar-refractivity contribution in [1.29, 1.82) is 0 Å². The average molecular weight is 466 g/mol. The van der Waals surface area contributed by atoms with Crippen LogP contribution >= 0.6 is 0 Å². The maximum absolute atomic E-state index is 13.8. The summed E-state index contributed by atoms with van der Waals surface area (Å²) < 4.78 is 31.4. The van der Waals surface area contributed by atoms with Crippen molar-refractivity contribution in [3.05, 3.63) is 84.2 Å². The normalized spacial score (nSPS) is 15.0. The van der Waals surface area contributed by atoms with Crippen LogP contribution in [0.1, 0.15) is 50.3 Å². The Morgan fingerprint density at radius 3 is 2.33 bits per heavy atom. The van der Waals surface area contributed by atoms with E-state index in [-0.39, 0.29) is 16.8 Å². The highest BCUT2D eigenvalue weighted by Crippen LogP contribution is 2.30. The molecule has 1 fully saturated rings. The molecule has 0 spiro atoms. The third-order valence-corrected chi connectivity index (χ3v) is 8.11. The molecule has 1 heterocycles. The number of carbonyl (C=O) groups is 1. The van der Waals surface area contributed by atoms with E-state index >= 15 is 0 Å². The first kappa shape index (κ1) is 23.3. The summed E-state index contributed by atoms with van der Waals surface area (Å²) >= 11 is 0. The summed E-state index contributed by atoms with van der Waals surface area (Å²) in [6.45, 7) is 2.47. The molecule has 1 amide bonds. The highest BCUT2D eigenvalue weighted by molar-refractivity contribution is 7.89. The summed E-state index contributed by atoms with van der Waals surface area (Å²) in [7, 11) is -3.70. The van der Waals surface area contributed by atoms with E-state index in [4.69, 9.17) is 0 Å². The van der Waals surface area contributed by atoms with Gasteiger partial charge in [-0.1, -0.05) is 49.6 Å². The minimum Gasteiger partial charge on any atom is -0.346 e. The van der Waals surface area contributed by atoms with E-state index in [9.17, 15) is 13.2 Å². The highest BCUT2D eigenvalue weighted by Gasteiger charge is 2.33. The molecule has 0 saturated heterocycles. The molecule has 2 aromatic carbocycles. The van der Waals surface area contributed by atoms with Crippen LogP contribution in [0.3, 0.4) is 0 Å². The van der Waals surface area contributed by atoms with Crippen molar-refractivity contribution in [3.63, 3.8) is 0 Å². The molecule has 1 N–H and O–H groups in total. The molecular formula is C26H31N3O3S. The standard InChI is InChI=1S/C26H31N3O3S/c1-21(30)27-23-14-16-26(17-15-23)33(31,32)29(24-11-6-3-7-12-24)20-25-13-8-18-28(25)19-22-9-4-2-5-10-22/h2,4-5,8-10,13-18,24H,3,6-7,11-12,19-20H2,1H3,(H,27,30). The molecule has 0 atom stereocenters. The number of amides is 1. The smallest absolute Gasteiger partial charge is 0.243 e. The van der Waals surface area contributed by atoms with Crippen LogP contribution in [0.15, 0.2) is 77.8 Å². The van der Waals surface area contributed by atoms with E-state index < -0.39 is 10.0 Å². The van der Waals surface area contributed by atoms with Gasteiger partial charge in [-0.3, -0.25) is 4.79 Å². The first-order valence-corrected chi connectivity index (χ1v) is 12.9. The maximum Gasteiger partial charge on any atom is 0.243 e. The Hall–Kier alpha value is -2.90. The van der Waals surface area contributed by atoms with E-state index in [1.165, 1.54) is 12.5 Å². The predicted molar refractivity (Wildman–Crippen MR) is 130 cm³/mol. The fourth-order valence-electron chi connectivity index (χ4n) is 4.52. The Morgan fingerprint density at radius 2 is 1.67 bits per heavy atom. The van der Waals surface area contributed by atoms with Crippen LogP contribution in [0, 0.1) is 0 Å². The quantitative estimate of drug-likeness (QED) is 0.508. The molecule has 6 nitrogen and oxygen atoms in total. The van der Waals surface area contributed by atoms with Gasteiger partial charge in [-0.15, -0.1) is 0 Å². The Kier molecular flexibility index (Phi) is 7.30. The van der Waals surface area contributed by atoms with E-state index in [1.807, 2.05) is 36.5 Å². The first-order chi connectivity index (χ1) is 15.9. The van der Waals surface area contributed by atoms with Gasteiger partial charge in [-0.2, -0.15) is 4.31 Å². The molecule has 0 unspecified atom stereocenters. The topological polar surface area (TPSA) is 71.4 Å². The number of aromatic nitrogens is 1. The van der Waals surface area contributed by atoms with Gasteiger partial charge in [0.05, 0.1) is 11.4 Å². The van der Waals surface area contributed by atoms with E-state index in [0.29, 0.717) is 18.8 Å². The van der Waals surface area contributed by atoms with Gasteiger partial charge in [0.25, 0.3) is 0 Å². The Bertz CT molecular complexity index is 1170. The second kappa shape index (κ2) is 10.4. The number of benzene rings is 2. The van der Waals surface area contributed by atoms with Crippen molar-refractivity contribution in [3.8, 4) is 0 Å². The summed E-state index contributed by atoms with van der Waals surface area (Å²) in [4.78, 5) is 11.6. The summed E-state index contributed by atoms with van der Waals surface area (Å²) in [6, 6.07) is 20.6. The molecule has 0 aliphatic heterocycles. The zero-order valence-electron chi connectivity index (χ0n) is 19.0. The summed E-state index contributed by atoms with van der Waals surface area (Å²) in [6.07, 6.45) is 7.01. The molecular weight excluding hydrogens is 434 g/mol. The predicted octanol–water partition coefficient (Wildman–Crippen LogP) is 5.02. The lowest BCUT2D eigenvalue weighted by Crippen LogP contribution is -2.41. The van der Waals surface area contributed by atoms with Gasteiger partial charge in [-0.25, -0.2) is 8.42 Å². The van der Waals surface area contributed by atoms with Crippen LogP contribution in [-0.2, 0) is 27.9 Å². The Morgan fingerprint density at radius 1 is 0.970 bits per heavy atom. The number of nitrogens with zero attached hydrogens (tertiary/aromatic N) is 2. The highest BCUT2D eigenvalue weighted by atomic mass is 32.2. The van der Waals surface area contributed by atoms with Crippen LogP contribution in [0.25, 0.3) is 0 Å². The van der Waals surface area contributed by atoms with Gasteiger partial charge < -0.3 is 9.88 Å². The van der Waals surface area contributed by atoms with Gasteiger partial charge in [-0.05, 0) is 54.8 Å². The minimum absolute atomic E-state index is 0.0150. The lowest BCUT2D eigenvalue weighted by molar-refractivity contribution is -0.114. The van der Waals surface area contributed by atoms with Crippen LogP contribution in [0.5, 0.6) is 0 Å². The molecule has 1 aromatic heterocycles. The molecule has 4 rings (SSSR count). The second-order valence-corrected chi connectivity index (χ2v) is 10.6. The van der Waals surface area contributed by atoms with Crippen molar-refractivity contribution >= 4 is 21.6 Å². The molecule has 0 radical (unpaired) electrons. The zero-order valence-corrected chi connectivity index (χ0v) is 19.8. The van der Waals surface area contributed by atoms with Gasteiger partial charge in [0.1, 0.15) is 0 Å². The van der Waals surface area contributed by atoms with Gasteiger partial charge in [0.15, 0.2) is 0 Å². The number of hydrogen-bond donors (Lipinski definition) is 1. The lowest BCUT2D eigenvalue weighted by atomic mass is 9.95. The minimum atomic E-state index is -3.70. The van der Waals surface area contributed by atoms with Crippen LogP contribution in [0.2, 0.25) is 0 Å². The van der Waals surface area contributed by atoms with Gasteiger partial charge in [0, 0.05) is 37.1 Å². The number of carbonyl (C=O) groups excluding carboxylic acids is 1. The SMILES string of the molecule is CC(=O)Nc1ccc(S(=O)(=O)N(Cc2cccn2Cc2ccccc2)C2CCCCC2)cc1. The van der Waals surface area contributed by atoms with Crippen LogP contribution in [0.4, 0.5) is 5.69 Å². The zero-order chi connectivity index (χ0) is 23.3. The number of sulfonamides is 1. The molecule has 1 saturated carbocycles. The monoisotopic (exact) mass is 465 g/mol. The van der Waals surface area contributed by atoms with Gasteiger partial charge in [0.2, 0.25) is 15.9 Å². The maximum atomic E-state index is 13.8. The summed E-state index contributed by atoms with van der Waals surface area (Å²) in [5.41, 5.74) is 2.74. The van der Waals surface area contributed by atoms with Crippen LogP contribution < -0.4 is 5.32 Å². The van der Waals surface area contributed by atoms with E-state index in [1.54, 1.807) is 28.6 Å². The van der Waals surface area contributed by atoms with Crippen molar-refractivity contribution in [1.82, 2.24) is 8.87 Å². The summed E-state index contributed by atoms with van der Waals surface area (Å²) in [5.74, 6) is -0.186. The third-order valence-electron chi connectivity index (χ3n) is 6.20. The van der Waals surface area contributed by atoms with Gasteiger partial charge >= 0.3 is 0 Å². The van der Waals surface area contributed by atoms with Crippen molar-refractivity contribution in [2.75, 3.05) is 5.32 Å². The third kappa shape index (κ3) is 5.72. The second-order valence-electron chi connectivity index (χ2n) is 8.66. The molecule has 7 heteroatoms.